The highest BCUT2D eigenvalue weighted by molar-refractivity contribution is 9.10. The molecule has 3 nitrogen and oxygen atoms in total. The van der Waals surface area contributed by atoms with Gasteiger partial charge in [-0.2, -0.15) is 0 Å². The first-order valence-corrected chi connectivity index (χ1v) is 5.78. The van der Waals surface area contributed by atoms with Crippen LogP contribution in [0.5, 0.6) is 0 Å². The zero-order valence-corrected chi connectivity index (χ0v) is 11.9. The van der Waals surface area contributed by atoms with E-state index in [1.807, 2.05) is 0 Å². The molecule has 18 heavy (non-hydrogen) atoms. The van der Waals surface area contributed by atoms with E-state index < -0.39 is 24.0 Å². The SMILES string of the molecule is CCOC(=O)C(F)[C@@H](N)c1cc(Br)ccc1F.Cl. The summed E-state index contributed by atoms with van der Waals surface area (Å²) in [6.07, 6.45) is -2.08. The third kappa shape index (κ3) is 4.19. The number of nitrogens with two attached hydrogens (primary N) is 1. The number of hydrogen-bond donors (Lipinski definition) is 1. The molecule has 0 spiro atoms. The Balaban J connectivity index is 0.00000289. The smallest absolute Gasteiger partial charge is 0.342 e. The molecule has 0 heterocycles. The number of benzene rings is 1. The maximum Gasteiger partial charge on any atom is 0.342 e. The zero-order valence-electron chi connectivity index (χ0n) is 9.53. The molecule has 0 radical (unpaired) electrons. The molecule has 0 aliphatic carbocycles. The minimum atomic E-state index is -2.08. The van der Waals surface area contributed by atoms with Crippen LogP contribution in [-0.2, 0) is 9.53 Å². The van der Waals surface area contributed by atoms with Crippen LogP contribution < -0.4 is 5.73 Å². The third-order valence-corrected chi connectivity index (χ3v) is 2.64. The molecule has 2 N–H and O–H groups in total. The van der Waals surface area contributed by atoms with Crippen molar-refractivity contribution in [2.45, 2.75) is 19.1 Å². The van der Waals surface area contributed by atoms with Crippen molar-refractivity contribution in [1.82, 2.24) is 0 Å². The molecule has 0 bridgehead atoms. The maximum atomic E-state index is 13.6. The molecule has 1 aromatic carbocycles. The summed E-state index contributed by atoms with van der Waals surface area (Å²) < 4.78 is 32.0. The van der Waals surface area contributed by atoms with Gasteiger partial charge in [-0.1, -0.05) is 15.9 Å². The minimum Gasteiger partial charge on any atom is -0.464 e. The Labute approximate surface area is 118 Å². The average molecular weight is 345 g/mol. The molecule has 0 aliphatic heterocycles. The second-order valence-corrected chi connectivity index (χ2v) is 4.26. The van der Waals surface area contributed by atoms with E-state index in [4.69, 9.17) is 5.73 Å². The molecule has 0 saturated heterocycles. The molecule has 1 aromatic rings. The molecule has 0 aliphatic rings. The van der Waals surface area contributed by atoms with Crippen LogP contribution in [-0.4, -0.2) is 18.7 Å². The van der Waals surface area contributed by atoms with Crippen LogP contribution in [0.3, 0.4) is 0 Å². The molecule has 2 atom stereocenters. The van der Waals surface area contributed by atoms with Gasteiger partial charge in [0.1, 0.15) is 5.82 Å². The predicted octanol–water partition coefficient (Wildman–Crippen LogP) is 2.91. The Bertz CT molecular complexity index is 420. The van der Waals surface area contributed by atoms with Gasteiger partial charge < -0.3 is 10.5 Å². The summed E-state index contributed by atoms with van der Waals surface area (Å²) >= 11 is 3.12. The summed E-state index contributed by atoms with van der Waals surface area (Å²) in [5, 5.41) is 0. The molecule has 102 valence electrons. The fraction of sp³-hybridized carbons (Fsp3) is 0.364. The lowest BCUT2D eigenvalue weighted by atomic mass is 10.0. The van der Waals surface area contributed by atoms with Gasteiger partial charge in [-0.3, -0.25) is 0 Å². The van der Waals surface area contributed by atoms with Crippen LogP contribution in [0.4, 0.5) is 8.78 Å². The van der Waals surface area contributed by atoms with Crippen LogP contribution in [0, 0.1) is 5.82 Å². The first-order valence-electron chi connectivity index (χ1n) is 4.98. The molecule has 0 amide bonds. The van der Waals surface area contributed by atoms with Crippen LogP contribution in [0.2, 0.25) is 0 Å². The Kier molecular flexibility index (Phi) is 7.35. The topological polar surface area (TPSA) is 52.3 Å². The number of alkyl halides is 1. The van der Waals surface area contributed by atoms with Gasteiger partial charge in [-0.05, 0) is 25.1 Å². The quantitative estimate of drug-likeness (QED) is 0.855. The summed E-state index contributed by atoms with van der Waals surface area (Å²) in [5.74, 6) is -1.74. The Morgan fingerprint density at radius 2 is 2.17 bits per heavy atom. The summed E-state index contributed by atoms with van der Waals surface area (Å²) in [5.41, 5.74) is 5.43. The van der Waals surface area contributed by atoms with Crippen LogP contribution in [0.1, 0.15) is 18.5 Å². The third-order valence-electron chi connectivity index (χ3n) is 2.14. The monoisotopic (exact) mass is 343 g/mol. The molecular formula is C11H13BrClF2NO2. The molecule has 1 rings (SSSR count). The number of ether oxygens (including phenoxy) is 1. The molecule has 0 saturated carbocycles. The molecule has 1 unspecified atom stereocenters. The number of hydrogen-bond acceptors (Lipinski definition) is 3. The summed E-state index contributed by atoms with van der Waals surface area (Å²) in [4.78, 5) is 11.1. The normalized spacial score (nSPS) is 13.4. The van der Waals surface area contributed by atoms with Gasteiger partial charge in [-0.15, -0.1) is 12.4 Å². The highest BCUT2D eigenvalue weighted by atomic mass is 79.9. The predicted molar refractivity (Wildman–Crippen MR) is 69.8 cm³/mol. The summed E-state index contributed by atoms with van der Waals surface area (Å²) in [7, 11) is 0. The van der Waals surface area contributed by atoms with Crippen LogP contribution in [0.25, 0.3) is 0 Å². The van der Waals surface area contributed by atoms with Gasteiger partial charge in [0.15, 0.2) is 0 Å². The van der Waals surface area contributed by atoms with E-state index in [1.165, 1.54) is 12.1 Å². The van der Waals surface area contributed by atoms with E-state index in [2.05, 4.69) is 20.7 Å². The van der Waals surface area contributed by atoms with E-state index in [1.54, 1.807) is 6.92 Å². The lowest BCUT2D eigenvalue weighted by Crippen LogP contribution is -2.32. The number of rotatable bonds is 4. The van der Waals surface area contributed by atoms with Crippen molar-refractivity contribution < 1.29 is 18.3 Å². The van der Waals surface area contributed by atoms with Crippen molar-refractivity contribution in [3.8, 4) is 0 Å². The zero-order chi connectivity index (χ0) is 13.0. The van der Waals surface area contributed by atoms with Crippen molar-refractivity contribution in [3.63, 3.8) is 0 Å². The standard InChI is InChI=1S/C11H12BrF2NO2.ClH/c1-2-17-11(16)9(14)10(15)7-5-6(12)3-4-8(7)13;/h3-5,9-10H,2,15H2,1H3;1H/t9?,10-;/m0./s1. The number of halogens is 4. The van der Waals surface area contributed by atoms with E-state index in [-0.39, 0.29) is 24.6 Å². The Morgan fingerprint density at radius 1 is 1.56 bits per heavy atom. The van der Waals surface area contributed by atoms with Gasteiger partial charge in [0.05, 0.1) is 12.6 Å². The number of carbonyl (C=O) groups excluding carboxylic acids is 1. The van der Waals surface area contributed by atoms with Gasteiger partial charge in [0.25, 0.3) is 0 Å². The van der Waals surface area contributed by atoms with Gasteiger partial charge in [0, 0.05) is 10.0 Å². The molecule has 0 aromatic heterocycles. The first-order chi connectivity index (χ1) is 7.97. The van der Waals surface area contributed by atoms with Crippen LogP contribution >= 0.6 is 28.3 Å². The highest BCUT2D eigenvalue weighted by Crippen LogP contribution is 2.24. The van der Waals surface area contributed by atoms with E-state index >= 15 is 0 Å². The Morgan fingerprint density at radius 3 is 2.72 bits per heavy atom. The molecule has 0 fully saturated rings. The molecule has 7 heteroatoms. The summed E-state index contributed by atoms with van der Waals surface area (Å²) in [6.45, 7) is 1.60. The lowest BCUT2D eigenvalue weighted by molar-refractivity contribution is -0.149. The summed E-state index contributed by atoms with van der Waals surface area (Å²) in [6, 6.07) is 2.57. The Hall–Kier alpha value is -0.720. The van der Waals surface area contributed by atoms with E-state index in [0.29, 0.717) is 4.47 Å². The first kappa shape index (κ1) is 17.3. The van der Waals surface area contributed by atoms with Crippen molar-refractivity contribution in [3.05, 3.63) is 34.1 Å². The second kappa shape index (κ2) is 7.66. The van der Waals surface area contributed by atoms with Crippen molar-refractivity contribution in [2.24, 2.45) is 5.73 Å². The maximum absolute atomic E-state index is 13.6. The van der Waals surface area contributed by atoms with Crippen molar-refractivity contribution >= 4 is 34.3 Å². The lowest BCUT2D eigenvalue weighted by Gasteiger charge is -2.16. The van der Waals surface area contributed by atoms with Crippen molar-refractivity contribution in [2.75, 3.05) is 6.61 Å². The van der Waals surface area contributed by atoms with Crippen LogP contribution in [0.15, 0.2) is 22.7 Å². The number of carbonyl (C=O) groups is 1. The minimum absolute atomic E-state index is 0. The average Bonchev–Trinajstić information content (AvgIpc) is 2.30. The van der Waals surface area contributed by atoms with Gasteiger partial charge in [-0.25, -0.2) is 13.6 Å². The van der Waals surface area contributed by atoms with Gasteiger partial charge >= 0.3 is 5.97 Å². The fourth-order valence-electron chi connectivity index (χ4n) is 1.30. The highest BCUT2D eigenvalue weighted by Gasteiger charge is 2.29. The molecular weight excluding hydrogens is 331 g/mol. The number of esters is 1. The van der Waals surface area contributed by atoms with Crippen molar-refractivity contribution in [1.29, 1.82) is 0 Å². The van der Waals surface area contributed by atoms with Gasteiger partial charge in [0.2, 0.25) is 6.17 Å². The second-order valence-electron chi connectivity index (χ2n) is 3.35. The fourth-order valence-corrected chi connectivity index (χ4v) is 1.67. The van der Waals surface area contributed by atoms with E-state index in [9.17, 15) is 13.6 Å². The van der Waals surface area contributed by atoms with E-state index in [0.717, 1.165) is 6.07 Å². The largest absolute Gasteiger partial charge is 0.464 e.